The van der Waals surface area contributed by atoms with Crippen molar-refractivity contribution in [2.24, 2.45) is 11.7 Å². The number of halogens is 1. The molecule has 0 saturated heterocycles. The maximum absolute atomic E-state index is 5.67. The van der Waals surface area contributed by atoms with Gasteiger partial charge in [0, 0.05) is 12.7 Å². The Balaban J connectivity index is 2.50. The van der Waals surface area contributed by atoms with E-state index in [4.69, 9.17) is 17.3 Å². The molecule has 0 fully saturated rings. The van der Waals surface area contributed by atoms with Crippen LogP contribution in [0.4, 0.5) is 0 Å². The maximum Gasteiger partial charge on any atom is 0.0785 e. The van der Waals surface area contributed by atoms with E-state index in [2.05, 4.69) is 12.0 Å². The highest BCUT2D eigenvalue weighted by molar-refractivity contribution is 6.30. The Labute approximate surface area is 71.1 Å². The molecule has 62 valence electrons. The van der Waals surface area contributed by atoms with Gasteiger partial charge in [0.25, 0.3) is 0 Å². The lowest BCUT2D eigenvalue weighted by atomic mass is 10.2. The molecule has 0 spiro atoms. The van der Waals surface area contributed by atoms with E-state index in [1.54, 1.807) is 17.1 Å². The SMILES string of the molecule is CC(CN)Cn1cc(Cl)cn1. The average Bonchev–Trinajstić information content (AvgIpc) is 2.35. The quantitative estimate of drug-likeness (QED) is 0.745. The van der Waals surface area contributed by atoms with Crippen molar-refractivity contribution >= 4 is 11.6 Å². The molecule has 1 aromatic rings. The second-order valence-corrected chi connectivity index (χ2v) is 3.16. The van der Waals surface area contributed by atoms with Crippen LogP contribution in [0.25, 0.3) is 0 Å². The van der Waals surface area contributed by atoms with E-state index in [1.807, 2.05) is 0 Å². The minimum atomic E-state index is 0.450. The zero-order valence-electron chi connectivity index (χ0n) is 6.50. The first-order valence-electron chi connectivity index (χ1n) is 3.60. The first kappa shape index (κ1) is 8.56. The zero-order valence-corrected chi connectivity index (χ0v) is 7.25. The predicted molar refractivity (Wildman–Crippen MR) is 45.5 cm³/mol. The van der Waals surface area contributed by atoms with Gasteiger partial charge in [-0.25, -0.2) is 0 Å². The summed E-state index contributed by atoms with van der Waals surface area (Å²) in [5.41, 5.74) is 5.45. The van der Waals surface area contributed by atoms with Gasteiger partial charge >= 0.3 is 0 Å². The van der Waals surface area contributed by atoms with E-state index in [0.29, 0.717) is 17.5 Å². The Morgan fingerprint density at radius 1 is 1.82 bits per heavy atom. The van der Waals surface area contributed by atoms with Crippen molar-refractivity contribution in [1.82, 2.24) is 9.78 Å². The van der Waals surface area contributed by atoms with Crippen molar-refractivity contribution in [3.05, 3.63) is 17.4 Å². The third kappa shape index (κ3) is 2.52. The first-order chi connectivity index (χ1) is 5.22. The van der Waals surface area contributed by atoms with Crippen molar-refractivity contribution in [1.29, 1.82) is 0 Å². The van der Waals surface area contributed by atoms with Crippen molar-refractivity contribution in [2.75, 3.05) is 6.54 Å². The van der Waals surface area contributed by atoms with Crippen LogP contribution >= 0.6 is 11.6 Å². The normalized spacial score (nSPS) is 13.4. The molecule has 1 unspecified atom stereocenters. The molecule has 0 aliphatic rings. The van der Waals surface area contributed by atoms with E-state index in [0.717, 1.165) is 6.54 Å². The van der Waals surface area contributed by atoms with E-state index in [9.17, 15) is 0 Å². The summed E-state index contributed by atoms with van der Waals surface area (Å²) < 4.78 is 1.81. The summed E-state index contributed by atoms with van der Waals surface area (Å²) >= 11 is 5.67. The second kappa shape index (κ2) is 3.74. The van der Waals surface area contributed by atoms with Crippen LogP contribution in [0.2, 0.25) is 5.02 Å². The van der Waals surface area contributed by atoms with Crippen LogP contribution in [0.3, 0.4) is 0 Å². The van der Waals surface area contributed by atoms with Gasteiger partial charge in [0.2, 0.25) is 0 Å². The van der Waals surface area contributed by atoms with E-state index in [1.165, 1.54) is 0 Å². The fourth-order valence-corrected chi connectivity index (χ4v) is 0.988. The third-order valence-corrected chi connectivity index (χ3v) is 1.70. The van der Waals surface area contributed by atoms with Crippen molar-refractivity contribution < 1.29 is 0 Å². The fourth-order valence-electron chi connectivity index (χ4n) is 0.832. The molecular weight excluding hydrogens is 162 g/mol. The highest BCUT2D eigenvalue weighted by Crippen LogP contribution is 2.06. The van der Waals surface area contributed by atoms with Gasteiger partial charge < -0.3 is 5.73 Å². The third-order valence-electron chi connectivity index (χ3n) is 1.50. The molecule has 0 aliphatic heterocycles. The van der Waals surface area contributed by atoms with Crippen molar-refractivity contribution in [3.8, 4) is 0 Å². The standard InChI is InChI=1S/C7H12ClN3/c1-6(2-9)4-11-5-7(8)3-10-11/h3,5-6H,2,4,9H2,1H3. The number of hydrogen-bond acceptors (Lipinski definition) is 2. The topological polar surface area (TPSA) is 43.8 Å². The molecule has 3 nitrogen and oxygen atoms in total. The highest BCUT2D eigenvalue weighted by atomic mass is 35.5. The van der Waals surface area contributed by atoms with E-state index >= 15 is 0 Å². The van der Waals surface area contributed by atoms with Gasteiger partial charge in [-0.15, -0.1) is 0 Å². The molecule has 11 heavy (non-hydrogen) atoms. The first-order valence-corrected chi connectivity index (χ1v) is 3.98. The van der Waals surface area contributed by atoms with E-state index < -0.39 is 0 Å². The maximum atomic E-state index is 5.67. The van der Waals surface area contributed by atoms with Crippen LogP contribution in [0.15, 0.2) is 12.4 Å². The summed E-state index contributed by atoms with van der Waals surface area (Å²) in [5, 5.41) is 4.71. The average molecular weight is 174 g/mol. The molecule has 1 atom stereocenters. The van der Waals surface area contributed by atoms with Crippen LogP contribution in [0, 0.1) is 5.92 Å². The van der Waals surface area contributed by atoms with Crippen LogP contribution in [-0.4, -0.2) is 16.3 Å². The summed E-state index contributed by atoms with van der Waals surface area (Å²) in [7, 11) is 0. The fraction of sp³-hybridized carbons (Fsp3) is 0.571. The Morgan fingerprint density at radius 2 is 2.55 bits per heavy atom. The summed E-state index contributed by atoms with van der Waals surface area (Å²) in [6.45, 7) is 3.59. The summed E-state index contributed by atoms with van der Waals surface area (Å²) in [4.78, 5) is 0. The van der Waals surface area contributed by atoms with Crippen molar-refractivity contribution in [3.63, 3.8) is 0 Å². The minimum absolute atomic E-state index is 0.450. The van der Waals surface area contributed by atoms with Crippen LogP contribution < -0.4 is 5.73 Å². The van der Waals surface area contributed by atoms with Gasteiger partial charge in [-0.1, -0.05) is 18.5 Å². The highest BCUT2D eigenvalue weighted by Gasteiger charge is 2.00. The smallest absolute Gasteiger partial charge is 0.0785 e. The molecule has 0 saturated carbocycles. The summed E-state index contributed by atoms with van der Waals surface area (Å²) in [5.74, 6) is 0.450. The van der Waals surface area contributed by atoms with Crippen LogP contribution in [0.1, 0.15) is 6.92 Å². The number of hydrogen-bond donors (Lipinski definition) is 1. The second-order valence-electron chi connectivity index (χ2n) is 2.72. The molecule has 0 bridgehead atoms. The van der Waals surface area contributed by atoms with Crippen LogP contribution in [0.5, 0.6) is 0 Å². The monoisotopic (exact) mass is 173 g/mol. The van der Waals surface area contributed by atoms with Gasteiger partial charge in [-0.3, -0.25) is 4.68 Å². The van der Waals surface area contributed by atoms with E-state index in [-0.39, 0.29) is 0 Å². The Kier molecular flexibility index (Phi) is 2.91. The number of nitrogens with two attached hydrogens (primary N) is 1. The lowest BCUT2D eigenvalue weighted by molar-refractivity contribution is 0.458. The van der Waals surface area contributed by atoms with Gasteiger partial charge in [-0.2, -0.15) is 5.10 Å². The van der Waals surface area contributed by atoms with Gasteiger partial charge in [-0.05, 0) is 12.5 Å². The van der Waals surface area contributed by atoms with Gasteiger partial charge in [0.1, 0.15) is 0 Å². The number of aromatic nitrogens is 2. The molecule has 0 aliphatic carbocycles. The minimum Gasteiger partial charge on any atom is -0.330 e. The summed E-state index contributed by atoms with van der Waals surface area (Å²) in [6.07, 6.45) is 3.43. The Morgan fingerprint density at radius 3 is 3.00 bits per heavy atom. The lowest BCUT2D eigenvalue weighted by Crippen LogP contribution is -2.17. The Bertz CT molecular complexity index is 221. The lowest BCUT2D eigenvalue weighted by Gasteiger charge is -2.06. The largest absolute Gasteiger partial charge is 0.330 e. The molecule has 1 rings (SSSR count). The number of rotatable bonds is 3. The van der Waals surface area contributed by atoms with Crippen LogP contribution in [-0.2, 0) is 6.54 Å². The molecule has 4 heteroatoms. The summed E-state index contributed by atoms with van der Waals surface area (Å²) in [6, 6.07) is 0. The Hall–Kier alpha value is -0.540. The predicted octanol–water partition coefficient (Wildman–Crippen LogP) is 1.13. The molecule has 2 N–H and O–H groups in total. The van der Waals surface area contributed by atoms with Crippen molar-refractivity contribution in [2.45, 2.75) is 13.5 Å². The molecule has 1 heterocycles. The molecule has 1 aromatic heterocycles. The zero-order chi connectivity index (χ0) is 8.27. The van der Waals surface area contributed by atoms with Gasteiger partial charge in [0.15, 0.2) is 0 Å². The molecule has 0 aromatic carbocycles. The molecular formula is C7H12ClN3. The molecule has 0 radical (unpaired) electrons. The molecule has 0 amide bonds. The number of nitrogens with zero attached hydrogens (tertiary/aromatic N) is 2. The van der Waals surface area contributed by atoms with Gasteiger partial charge in [0.05, 0.1) is 11.2 Å².